The largest absolute Gasteiger partial charge is 0.448 e. The van der Waals surface area contributed by atoms with Gasteiger partial charge in [0.05, 0.1) is 6.20 Å². The maximum atomic E-state index is 6.00. The number of rotatable bonds is 2. The first-order valence-electron chi connectivity index (χ1n) is 4.58. The van der Waals surface area contributed by atoms with Crippen LogP contribution in [-0.4, -0.2) is 9.55 Å². The second kappa shape index (κ2) is 4.02. The molecule has 15 heavy (non-hydrogen) atoms. The van der Waals surface area contributed by atoms with Crippen molar-refractivity contribution in [3.05, 3.63) is 28.3 Å². The Hall–Kier alpha value is -0.740. The Kier molecular flexibility index (Phi) is 2.89. The zero-order chi connectivity index (χ0) is 11.0. The molecule has 2 rings (SSSR count). The molecule has 5 heteroatoms. The molecule has 0 aliphatic heterocycles. The van der Waals surface area contributed by atoms with Crippen molar-refractivity contribution in [1.29, 1.82) is 0 Å². The molecule has 0 bridgehead atoms. The van der Waals surface area contributed by atoms with Crippen LogP contribution in [0.3, 0.4) is 0 Å². The molecule has 0 spiro atoms. The highest BCUT2D eigenvalue weighted by Gasteiger charge is 2.15. The number of hydrogen-bond donors (Lipinski definition) is 0. The molecule has 0 fully saturated rings. The lowest BCUT2D eigenvalue weighted by atomic mass is 10.3. The first-order valence-corrected chi connectivity index (χ1v) is 5.75. The van der Waals surface area contributed by atoms with E-state index in [4.69, 9.17) is 16.0 Å². The monoisotopic (exact) mass is 288 g/mol. The minimum atomic E-state index is 0.249. The Morgan fingerprint density at radius 3 is 2.73 bits per heavy atom. The van der Waals surface area contributed by atoms with Crippen LogP contribution < -0.4 is 0 Å². The predicted octanol–water partition coefficient (Wildman–Crippen LogP) is 4.14. The van der Waals surface area contributed by atoms with Gasteiger partial charge in [-0.1, -0.05) is 0 Å². The minimum absolute atomic E-state index is 0.249. The molecule has 80 valence electrons. The van der Waals surface area contributed by atoms with Crippen molar-refractivity contribution in [2.24, 2.45) is 0 Å². The van der Waals surface area contributed by atoms with E-state index < -0.39 is 0 Å². The van der Waals surface area contributed by atoms with Gasteiger partial charge in [-0.3, -0.25) is 0 Å². The lowest BCUT2D eigenvalue weighted by Crippen LogP contribution is -2.02. The van der Waals surface area contributed by atoms with Crippen molar-refractivity contribution in [3.8, 4) is 11.5 Å². The molecule has 2 aromatic heterocycles. The van der Waals surface area contributed by atoms with Gasteiger partial charge in [-0.05, 0) is 53.5 Å². The minimum Gasteiger partial charge on any atom is -0.448 e. The fourth-order valence-corrected chi connectivity index (χ4v) is 2.11. The van der Waals surface area contributed by atoms with Gasteiger partial charge in [0.2, 0.25) is 5.28 Å². The number of aromatic nitrogens is 2. The molecule has 0 unspecified atom stereocenters. The molecule has 0 N–H and O–H groups in total. The third-order valence-electron chi connectivity index (χ3n) is 2.09. The highest BCUT2D eigenvalue weighted by atomic mass is 79.9. The van der Waals surface area contributed by atoms with Crippen LogP contribution in [0.5, 0.6) is 0 Å². The van der Waals surface area contributed by atoms with Gasteiger partial charge in [-0.15, -0.1) is 0 Å². The molecule has 3 nitrogen and oxygen atoms in total. The standard InChI is InChI=1S/C10H10BrClN2O/c1-6(2)14-7(5-13-10(14)12)8-3-4-9(11)15-8/h3-6H,1-2H3. The molecule has 0 atom stereocenters. The summed E-state index contributed by atoms with van der Waals surface area (Å²) in [6.45, 7) is 4.10. The van der Waals surface area contributed by atoms with Crippen molar-refractivity contribution in [2.45, 2.75) is 19.9 Å². The van der Waals surface area contributed by atoms with Crippen LogP contribution in [0.25, 0.3) is 11.5 Å². The van der Waals surface area contributed by atoms with Crippen molar-refractivity contribution in [2.75, 3.05) is 0 Å². The summed E-state index contributed by atoms with van der Waals surface area (Å²) in [7, 11) is 0. The van der Waals surface area contributed by atoms with Crippen LogP contribution in [0.15, 0.2) is 27.4 Å². The lowest BCUT2D eigenvalue weighted by molar-refractivity contribution is 0.537. The SMILES string of the molecule is CC(C)n1c(-c2ccc(Br)o2)cnc1Cl. The molecule has 0 aliphatic carbocycles. The second-order valence-electron chi connectivity index (χ2n) is 3.48. The van der Waals surface area contributed by atoms with Gasteiger partial charge in [0.25, 0.3) is 0 Å². The van der Waals surface area contributed by atoms with Crippen molar-refractivity contribution >= 4 is 27.5 Å². The van der Waals surface area contributed by atoms with Crippen LogP contribution in [0.2, 0.25) is 5.28 Å². The van der Waals surface area contributed by atoms with E-state index in [1.54, 1.807) is 6.20 Å². The van der Waals surface area contributed by atoms with E-state index in [-0.39, 0.29) is 6.04 Å². The quantitative estimate of drug-likeness (QED) is 0.832. The Morgan fingerprint density at radius 2 is 2.20 bits per heavy atom. The maximum absolute atomic E-state index is 6.00. The number of nitrogens with zero attached hydrogens (tertiary/aromatic N) is 2. The summed E-state index contributed by atoms with van der Waals surface area (Å²) in [6.07, 6.45) is 1.72. The van der Waals surface area contributed by atoms with E-state index in [1.807, 2.05) is 16.7 Å². The summed E-state index contributed by atoms with van der Waals surface area (Å²) in [5.74, 6) is 0.759. The fourth-order valence-electron chi connectivity index (χ4n) is 1.46. The Morgan fingerprint density at radius 1 is 1.47 bits per heavy atom. The summed E-state index contributed by atoms with van der Waals surface area (Å²) in [5.41, 5.74) is 0.890. The van der Waals surface area contributed by atoms with Gasteiger partial charge < -0.3 is 8.98 Å². The zero-order valence-corrected chi connectivity index (χ0v) is 10.7. The third kappa shape index (κ3) is 1.96. The average Bonchev–Trinajstić information content (AvgIpc) is 2.71. The lowest BCUT2D eigenvalue weighted by Gasteiger charge is -2.11. The fraction of sp³-hybridized carbons (Fsp3) is 0.300. The summed E-state index contributed by atoms with van der Waals surface area (Å²) >= 11 is 9.26. The van der Waals surface area contributed by atoms with E-state index in [9.17, 15) is 0 Å². The van der Waals surface area contributed by atoms with E-state index in [0.717, 1.165) is 11.5 Å². The van der Waals surface area contributed by atoms with Gasteiger partial charge in [-0.25, -0.2) is 4.98 Å². The molecular weight excluding hydrogens is 279 g/mol. The summed E-state index contributed by atoms with van der Waals surface area (Å²) in [4.78, 5) is 4.08. The first kappa shape index (κ1) is 10.8. The van der Waals surface area contributed by atoms with E-state index in [0.29, 0.717) is 9.95 Å². The molecule has 0 aliphatic rings. The van der Waals surface area contributed by atoms with Crippen LogP contribution in [0, 0.1) is 0 Å². The zero-order valence-electron chi connectivity index (χ0n) is 8.37. The van der Waals surface area contributed by atoms with Crippen molar-refractivity contribution in [3.63, 3.8) is 0 Å². The van der Waals surface area contributed by atoms with Crippen LogP contribution in [0.4, 0.5) is 0 Å². The predicted molar refractivity (Wildman–Crippen MR) is 63.0 cm³/mol. The second-order valence-corrected chi connectivity index (χ2v) is 4.60. The maximum Gasteiger partial charge on any atom is 0.203 e. The molecule has 0 amide bonds. The topological polar surface area (TPSA) is 31.0 Å². The molecule has 0 radical (unpaired) electrons. The van der Waals surface area contributed by atoms with E-state index in [1.165, 1.54) is 0 Å². The van der Waals surface area contributed by atoms with Gasteiger partial charge >= 0.3 is 0 Å². The van der Waals surface area contributed by atoms with Crippen LogP contribution in [0.1, 0.15) is 19.9 Å². The normalized spacial score (nSPS) is 11.3. The summed E-state index contributed by atoms with van der Waals surface area (Å²) in [6, 6.07) is 3.98. The average molecular weight is 290 g/mol. The van der Waals surface area contributed by atoms with Gasteiger partial charge in [0, 0.05) is 6.04 Å². The number of imidazole rings is 1. The molecule has 0 saturated heterocycles. The molecule has 2 heterocycles. The number of halogens is 2. The molecule has 2 aromatic rings. The smallest absolute Gasteiger partial charge is 0.203 e. The Bertz CT molecular complexity index is 475. The highest BCUT2D eigenvalue weighted by molar-refractivity contribution is 9.10. The van der Waals surface area contributed by atoms with Gasteiger partial charge in [0.15, 0.2) is 10.4 Å². The third-order valence-corrected chi connectivity index (χ3v) is 2.80. The van der Waals surface area contributed by atoms with Gasteiger partial charge in [0.1, 0.15) is 5.69 Å². The number of hydrogen-bond acceptors (Lipinski definition) is 2. The summed E-state index contributed by atoms with van der Waals surface area (Å²) < 4.78 is 8.09. The molecular formula is C10H10BrClN2O. The number of furan rings is 1. The van der Waals surface area contributed by atoms with E-state index in [2.05, 4.69) is 34.8 Å². The Labute approximate surface area is 101 Å². The molecule has 0 aromatic carbocycles. The summed E-state index contributed by atoms with van der Waals surface area (Å²) in [5, 5.41) is 0.479. The molecule has 0 saturated carbocycles. The van der Waals surface area contributed by atoms with Crippen LogP contribution >= 0.6 is 27.5 Å². The van der Waals surface area contributed by atoms with Crippen molar-refractivity contribution in [1.82, 2.24) is 9.55 Å². The Balaban J connectivity index is 2.53. The van der Waals surface area contributed by atoms with Crippen LogP contribution in [-0.2, 0) is 0 Å². The van der Waals surface area contributed by atoms with Gasteiger partial charge in [-0.2, -0.15) is 0 Å². The van der Waals surface area contributed by atoms with Crippen molar-refractivity contribution < 1.29 is 4.42 Å². The highest BCUT2D eigenvalue weighted by Crippen LogP contribution is 2.29. The first-order chi connectivity index (χ1) is 7.09. The van der Waals surface area contributed by atoms with E-state index >= 15 is 0 Å².